The van der Waals surface area contributed by atoms with Crippen LogP contribution in [0.2, 0.25) is 0 Å². The van der Waals surface area contributed by atoms with Gasteiger partial charge in [0.05, 0.1) is 19.4 Å². The van der Waals surface area contributed by atoms with Crippen LogP contribution < -0.4 is 10.5 Å². The van der Waals surface area contributed by atoms with E-state index in [1.807, 2.05) is 0 Å². The summed E-state index contributed by atoms with van der Waals surface area (Å²) < 4.78 is 4.94. The maximum atomic E-state index is 9.33. The third-order valence-electron chi connectivity index (χ3n) is 1.58. The van der Waals surface area contributed by atoms with Crippen LogP contribution in [-0.2, 0) is 0 Å². The summed E-state index contributed by atoms with van der Waals surface area (Å²) in [6.07, 6.45) is 2.49. The van der Waals surface area contributed by atoms with Crippen molar-refractivity contribution in [2.45, 2.75) is 6.10 Å². The Hall–Kier alpha value is -1.13. The Kier molecular flexibility index (Phi) is 3.01. The van der Waals surface area contributed by atoms with Crippen LogP contribution in [-0.4, -0.2) is 23.7 Å². The Morgan fingerprint density at radius 1 is 1.67 bits per heavy atom. The van der Waals surface area contributed by atoms with Crippen LogP contribution >= 0.6 is 0 Å². The van der Waals surface area contributed by atoms with Crippen molar-refractivity contribution in [3.63, 3.8) is 0 Å². The lowest BCUT2D eigenvalue weighted by molar-refractivity contribution is 0.186. The summed E-state index contributed by atoms with van der Waals surface area (Å²) in [5.41, 5.74) is 5.95. The highest BCUT2D eigenvalue weighted by Crippen LogP contribution is 2.15. The van der Waals surface area contributed by atoms with Crippen molar-refractivity contribution in [1.29, 1.82) is 0 Å². The van der Waals surface area contributed by atoms with Crippen molar-refractivity contribution in [2.75, 3.05) is 13.7 Å². The largest absolute Gasteiger partial charge is 0.495 e. The fourth-order valence-electron chi connectivity index (χ4n) is 0.866. The normalized spacial score (nSPS) is 12.6. The molecule has 0 aromatic carbocycles. The second-order valence-corrected chi connectivity index (χ2v) is 2.41. The molecule has 0 saturated carbocycles. The number of nitrogens with zero attached hydrogens (tertiary/aromatic N) is 1. The van der Waals surface area contributed by atoms with Crippen LogP contribution in [0, 0.1) is 0 Å². The monoisotopic (exact) mass is 168 g/mol. The molecule has 4 heteroatoms. The van der Waals surface area contributed by atoms with Gasteiger partial charge in [-0.3, -0.25) is 4.98 Å². The Labute approximate surface area is 71.0 Å². The molecule has 0 aliphatic rings. The highest BCUT2D eigenvalue weighted by atomic mass is 16.5. The van der Waals surface area contributed by atoms with Gasteiger partial charge in [0.15, 0.2) is 0 Å². The maximum absolute atomic E-state index is 9.33. The number of rotatable bonds is 3. The molecule has 0 saturated heterocycles. The van der Waals surface area contributed by atoms with Crippen molar-refractivity contribution in [3.8, 4) is 5.75 Å². The minimum absolute atomic E-state index is 0.189. The molecule has 0 fully saturated rings. The second-order valence-electron chi connectivity index (χ2n) is 2.41. The molecule has 1 atom stereocenters. The SMILES string of the molecule is COc1cncc(C(O)CN)c1. The first-order valence-electron chi connectivity index (χ1n) is 3.65. The lowest BCUT2D eigenvalue weighted by Crippen LogP contribution is -2.11. The molecule has 1 unspecified atom stereocenters. The summed E-state index contributed by atoms with van der Waals surface area (Å²) in [6.45, 7) is 0.189. The molecule has 0 aliphatic carbocycles. The fourth-order valence-corrected chi connectivity index (χ4v) is 0.866. The summed E-state index contributed by atoms with van der Waals surface area (Å²) in [4.78, 5) is 3.88. The lowest BCUT2D eigenvalue weighted by atomic mass is 10.1. The van der Waals surface area contributed by atoms with Gasteiger partial charge in [-0.05, 0) is 6.07 Å². The highest BCUT2D eigenvalue weighted by Gasteiger charge is 2.05. The number of aliphatic hydroxyl groups is 1. The number of aromatic nitrogens is 1. The Morgan fingerprint density at radius 3 is 3.00 bits per heavy atom. The zero-order chi connectivity index (χ0) is 8.97. The molecule has 1 aromatic rings. The van der Waals surface area contributed by atoms with Gasteiger partial charge in [-0.15, -0.1) is 0 Å². The number of hydrogen-bond donors (Lipinski definition) is 2. The third kappa shape index (κ3) is 1.93. The summed E-state index contributed by atoms with van der Waals surface area (Å²) >= 11 is 0. The van der Waals surface area contributed by atoms with E-state index in [9.17, 15) is 5.11 Å². The van der Waals surface area contributed by atoms with Gasteiger partial charge in [-0.2, -0.15) is 0 Å². The first kappa shape index (κ1) is 8.96. The minimum atomic E-state index is -0.660. The number of hydrogen-bond acceptors (Lipinski definition) is 4. The maximum Gasteiger partial charge on any atom is 0.137 e. The van der Waals surface area contributed by atoms with E-state index in [2.05, 4.69) is 4.98 Å². The number of methoxy groups -OCH3 is 1. The number of pyridine rings is 1. The molecule has 0 amide bonds. The molecule has 66 valence electrons. The first-order chi connectivity index (χ1) is 5.77. The van der Waals surface area contributed by atoms with Gasteiger partial charge in [0.2, 0.25) is 0 Å². The molecule has 1 heterocycles. The van der Waals surface area contributed by atoms with E-state index in [-0.39, 0.29) is 6.54 Å². The minimum Gasteiger partial charge on any atom is -0.495 e. The van der Waals surface area contributed by atoms with E-state index in [4.69, 9.17) is 10.5 Å². The van der Waals surface area contributed by atoms with Gasteiger partial charge < -0.3 is 15.6 Å². The smallest absolute Gasteiger partial charge is 0.137 e. The Bertz CT molecular complexity index is 253. The molecule has 0 aliphatic heterocycles. The molecule has 4 nitrogen and oxygen atoms in total. The van der Waals surface area contributed by atoms with E-state index in [0.29, 0.717) is 11.3 Å². The van der Waals surface area contributed by atoms with Crippen LogP contribution in [0.1, 0.15) is 11.7 Å². The van der Waals surface area contributed by atoms with Gasteiger partial charge in [0.1, 0.15) is 5.75 Å². The average molecular weight is 168 g/mol. The van der Waals surface area contributed by atoms with Crippen LogP contribution in [0.5, 0.6) is 5.75 Å². The topological polar surface area (TPSA) is 68.4 Å². The average Bonchev–Trinajstić information content (AvgIpc) is 2.17. The molecule has 12 heavy (non-hydrogen) atoms. The zero-order valence-electron chi connectivity index (χ0n) is 6.90. The summed E-state index contributed by atoms with van der Waals surface area (Å²) in [5, 5.41) is 9.33. The Balaban J connectivity index is 2.86. The van der Waals surface area contributed by atoms with E-state index in [1.165, 1.54) is 0 Å². The summed E-state index contributed by atoms with van der Waals surface area (Å²) in [6, 6.07) is 1.71. The van der Waals surface area contributed by atoms with Gasteiger partial charge in [0.25, 0.3) is 0 Å². The molecule has 0 bridgehead atoms. The zero-order valence-corrected chi connectivity index (χ0v) is 6.90. The van der Waals surface area contributed by atoms with Gasteiger partial charge in [-0.25, -0.2) is 0 Å². The molecule has 1 aromatic heterocycles. The Morgan fingerprint density at radius 2 is 2.42 bits per heavy atom. The predicted octanol–water partition coefficient (Wildman–Crippen LogP) is 0.0823. The second kappa shape index (κ2) is 4.04. The van der Waals surface area contributed by atoms with E-state index >= 15 is 0 Å². The van der Waals surface area contributed by atoms with E-state index in [0.717, 1.165) is 0 Å². The number of ether oxygens (including phenoxy) is 1. The summed E-state index contributed by atoms with van der Waals surface area (Å²) in [7, 11) is 1.55. The molecular formula is C8H12N2O2. The molecular weight excluding hydrogens is 156 g/mol. The molecule has 0 spiro atoms. The molecule has 3 N–H and O–H groups in total. The fraction of sp³-hybridized carbons (Fsp3) is 0.375. The van der Waals surface area contributed by atoms with Crippen molar-refractivity contribution in [1.82, 2.24) is 4.98 Å². The standard InChI is InChI=1S/C8H12N2O2/c1-12-7-2-6(4-10-5-7)8(11)3-9/h2,4-5,8,11H,3,9H2,1H3. The van der Waals surface area contributed by atoms with Crippen molar-refractivity contribution in [2.24, 2.45) is 5.73 Å². The van der Waals surface area contributed by atoms with Gasteiger partial charge in [-0.1, -0.05) is 0 Å². The number of nitrogens with two attached hydrogens (primary N) is 1. The van der Waals surface area contributed by atoms with Crippen LogP contribution in [0.15, 0.2) is 18.5 Å². The highest BCUT2D eigenvalue weighted by molar-refractivity contribution is 5.25. The van der Waals surface area contributed by atoms with E-state index < -0.39 is 6.10 Å². The molecule has 1 rings (SSSR count). The van der Waals surface area contributed by atoms with Crippen molar-refractivity contribution < 1.29 is 9.84 Å². The van der Waals surface area contributed by atoms with E-state index in [1.54, 1.807) is 25.6 Å². The van der Waals surface area contributed by atoms with Crippen molar-refractivity contribution in [3.05, 3.63) is 24.0 Å². The van der Waals surface area contributed by atoms with Crippen molar-refractivity contribution >= 4 is 0 Å². The first-order valence-corrected chi connectivity index (χ1v) is 3.65. The summed E-state index contributed by atoms with van der Waals surface area (Å²) in [5.74, 6) is 0.625. The van der Waals surface area contributed by atoms with Crippen LogP contribution in [0.3, 0.4) is 0 Å². The predicted molar refractivity (Wildman–Crippen MR) is 44.8 cm³/mol. The van der Waals surface area contributed by atoms with Gasteiger partial charge >= 0.3 is 0 Å². The van der Waals surface area contributed by atoms with Crippen LogP contribution in [0.4, 0.5) is 0 Å². The number of aliphatic hydroxyl groups excluding tert-OH is 1. The van der Waals surface area contributed by atoms with Gasteiger partial charge in [0, 0.05) is 18.3 Å². The third-order valence-corrected chi connectivity index (χ3v) is 1.58. The quantitative estimate of drug-likeness (QED) is 0.670. The lowest BCUT2D eigenvalue weighted by Gasteiger charge is -2.08. The molecule has 0 radical (unpaired) electrons. The van der Waals surface area contributed by atoms with Crippen LogP contribution in [0.25, 0.3) is 0 Å².